The van der Waals surface area contributed by atoms with Crippen LogP contribution in [0.5, 0.6) is 11.5 Å². The molecule has 1 aromatic carbocycles. The third-order valence-electron chi connectivity index (χ3n) is 5.88. The fourth-order valence-corrected chi connectivity index (χ4v) is 5.15. The number of aliphatic hydroxyl groups is 1. The van der Waals surface area contributed by atoms with Gasteiger partial charge in [-0.1, -0.05) is 6.07 Å². The zero-order valence-electron chi connectivity index (χ0n) is 20.6. The second-order valence-corrected chi connectivity index (χ2v) is 10.6. The van der Waals surface area contributed by atoms with Crippen LogP contribution in [0.3, 0.4) is 0 Å². The number of para-hydroxylation sites is 1. The number of sulfone groups is 1. The standard InChI is InChI=1S/C25H25N5O6S/c1-15-8-11-21(36-15)25-29-28-22(30(25)23-19(34-3)6-5-7-20(23)35-4)14-37(32,33)16(2)24(31)18-10-9-17(12-26)13-27-18/h5-11,13,16,24,31H,14H2,1-4H3/t16-,24+/m1/s1. The van der Waals surface area contributed by atoms with Crippen molar-refractivity contribution in [2.24, 2.45) is 0 Å². The monoisotopic (exact) mass is 523 g/mol. The number of ether oxygens (including phenoxy) is 2. The Morgan fingerprint density at radius 1 is 1.11 bits per heavy atom. The lowest BCUT2D eigenvalue weighted by Gasteiger charge is -2.20. The minimum Gasteiger partial charge on any atom is -0.494 e. The maximum Gasteiger partial charge on any atom is 0.204 e. The number of nitriles is 1. The molecule has 0 fully saturated rings. The van der Waals surface area contributed by atoms with Gasteiger partial charge in [-0.3, -0.25) is 9.55 Å². The first kappa shape index (κ1) is 25.9. The van der Waals surface area contributed by atoms with E-state index in [1.807, 2.05) is 6.07 Å². The Labute approximate surface area is 213 Å². The molecule has 0 bridgehead atoms. The zero-order chi connectivity index (χ0) is 26.7. The first-order chi connectivity index (χ1) is 17.7. The normalized spacial score (nSPS) is 13.1. The third-order valence-corrected chi connectivity index (χ3v) is 7.93. The van der Waals surface area contributed by atoms with Crippen molar-refractivity contribution >= 4 is 9.84 Å². The molecule has 0 unspecified atom stereocenters. The molecule has 0 saturated heterocycles. The number of benzene rings is 1. The summed E-state index contributed by atoms with van der Waals surface area (Å²) in [6, 6.07) is 13.4. The van der Waals surface area contributed by atoms with Crippen molar-refractivity contribution in [1.29, 1.82) is 5.26 Å². The lowest BCUT2D eigenvalue weighted by Crippen LogP contribution is -2.28. The van der Waals surface area contributed by atoms with Crippen molar-refractivity contribution in [3.05, 3.63) is 71.5 Å². The summed E-state index contributed by atoms with van der Waals surface area (Å²) in [5, 5.41) is 26.9. The molecule has 3 heterocycles. The highest BCUT2D eigenvalue weighted by atomic mass is 32.2. The predicted octanol–water partition coefficient (Wildman–Crippen LogP) is 3.16. The molecule has 4 aromatic rings. The highest BCUT2D eigenvalue weighted by molar-refractivity contribution is 7.91. The summed E-state index contributed by atoms with van der Waals surface area (Å²) in [5.41, 5.74) is 0.828. The van der Waals surface area contributed by atoms with E-state index >= 15 is 0 Å². The van der Waals surface area contributed by atoms with Crippen molar-refractivity contribution in [3.63, 3.8) is 0 Å². The van der Waals surface area contributed by atoms with Crippen molar-refractivity contribution in [2.75, 3.05) is 14.2 Å². The van der Waals surface area contributed by atoms with Gasteiger partial charge in [0.25, 0.3) is 0 Å². The van der Waals surface area contributed by atoms with Crippen LogP contribution < -0.4 is 9.47 Å². The molecular formula is C25H25N5O6S. The molecule has 0 aliphatic heterocycles. The van der Waals surface area contributed by atoms with Crippen molar-refractivity contribution in [2.45, 2.75) is 31.0 Å². The van der Waals surface area contributed by atoms with Gasteiger partial charge >= 0.3 is 0 Å². The molecule has 12 heteroatoms. The predicted molar refractivity (Wildman–Crippen MR) is 133 cm³/mol. The first-order valence-electron chi connectivity index (χ1n) is 11.2. The number of aromatic nitrogens is 4. The van der Waals surface area contributed by atoms with E-state index in [2.05, 4.69) is 15.2 Å². The Hall–Kier alpha value is -4.21. The molecule has 192 valence electrons. The van der Waals surface area contributed by atoms with E-state index in [1.165, 1.54) is 44.0 Å². The Kier molecular flexibility index (Phi) is 7.28. The van der Waals surface area contributed by atoms with Gasteiger partial charge in [0.2, 0.25) is 5.82 Å². The molecule has 4 rings (SSSR count). The summed E-state index contributed by atoms with van der Waals surface area (Å²) in [6.45, 7) is 3.17. The second-order valence-electron chi connectivity index (χ2n) is 8.24. The van der Waals surface area contributed by atoms with E-state index in [0.717, 1.165) is 0 Å². The number of furan rings is 1. The topological polar surface area (TPSA) is 153 Å². The zero-order valence-corrected chi connectivity index (χ0v) is 21.4. The fourth-order valence-electron chi connectivity index (χ4n) is 3.81. The van der Waals surface area contributed by atoms with Gasteiger partial charge in [0.1, 0.15) is 40.9 Å². The van der Waals surface area contributed by atoms with Crippen LogP contribution in [0, 0.1) is 18.3 Å². The number of methoxy groups -OCH3 is 2. The molecule has 3 aromatic heterocycles. The smallest absolute Gasteiger partial charge is 0.204 e. The number of aliphatic hydroxyl groups excluding tert-OH is 1. The summed E-state index contributed by atoms with van der Waals surface area (Å²) in [5.74, 6) is 1.57. The van der Waals surface area contributed by atoms with Gasteiger partial charge < -0.3 is 19.0 Å². The Balaban J connectivity index is 1.79. The highest BCUT2D eigenvalue weighted by Gasteiger charge is 2.33. The van der Waals surface area contributed by atoms with Gasteiger partial charge in [-0.05, 0) is 50.2 Å². The summed E-state index contributed by atoms with van der Waals surface area (Å²) >= 11 is 0. The molecule has 0 radical (unpaired) electrons. The van der Waals surface area contributed by atoms with Gasteiger partial charge in [0, 0.05) is 6.20 Å². The summed E-state index contributed by atoms with van der Waals surface area (Å²) < 4.78 is 45.3. The van der Waals surface area contributed by atoms with E-state index in [4.69, 9.17) is 19.2 Å². The largest absolute Gasteiger partial charge is 0.494 e. The van der Waals surface area contributed by atoms with Crippen molar-refractivity contribution in [3.8, 4) is 34.8 Å². The number of aryl methyl sites for hydroxylation is 1. The molecule has 2 atom stereocenters. The number of nitrogens with zero attached hydrogens (tertiary/aromatic N) is 5. The highest BCUT2D eigenvalue weighted by Crippen LogP contribution is 2.37. The van der Waals surface area contributed by atoms with Crippen LogP contribution in [-0.2, 0) is 15.6 Å². The van der Waals surface area contributed by atoms with E-state index in [-0.39, 0.29) is 17.3 Å². The van der Waals surface area contributed by atoms with E-state index < -0.39 is 26.9 Å². The van der Waals surface area contributed by atoms with Crippen LogP contribution >= 0.6 is 0 Å². The fraction of sp³-hybridized carbons (Fsp3) is 0.280. The minimum absolute atomic E-state index is 0.0682. The van der Waals surface area contributed by atoms with Crippen LogP contribution in [0.4, 0.5) is 0 Å². The maximum absolute atomic E-state index is 13.5. The van der Waals surface area contributed by atoms with Crippen LogP contribution in [-0.4, -0.2) is 52.7 Å². The van der Waals surface area contributed by atoms with Crippen LogP contribution in [0.25, 0.3) is 17.3 Å². The van der Waals surface area contributed by atoms with Crippen molar-refractivity contribution in [1.82, 2.24) is 19.7 Å². The number of rotatable bonds is 9. The molecule has 0 aliphatic rings. The summed E-state index contributed by atoms with van der Waals surface area (Å²) in [6.07, 6.45) is -0.151. The van der Waals surface area contributed by atoms with Gasteiger partial charge in [-0.15, -0.1) is 10.2 Å². The molecule has 11 nitrogen and oxygen atoms in total. The lowest BCUT2D eigenvalue weighted by atomic mass is 10.1. The molecule has 0 amide bonds. The SMILES string of the molecule is COc1cccc(OC)c1-n1c(CS(=O)(=O)[C@H](C)[C@H](O)c2ccc(C#N)cn2)nnc1-c1ccc(C)o1. The Morgan fingerprint density at radius 2 is 1.81 bits per heavy atom. The van der Waals surface area contributed by atoms with Gasteiger partial charge in [0.05, 0.1) is 30.7 Å². The molecule has 0 saturated carbocycles. The Morgan fingerprint density at radius 3 is 2.35 bits per heavy atom. The molecule has 37 heavy (non-hydrogen) atoms. The minimum atomic E-state index is -4.00. The Bertz CT molecular complexity index is 1530. The molecule has 0 spiro atoms. The van der Waals surface area contributed by atoms with E-state index in [1.54, 1.807) is 37.3 Å². The van der Waals surface area contributed by atoms with Crippen LogP contribution in [0.15, 0.2) is 53.1 Å². The van der Waals surface area contributed by atoms with Crippen molar-refractivity contribution < 1.29 is 27.4 Å². The first-order valence-corrected chi connectivity index (χ1v) is 12.9. The lowest BCUT2D eigenvalue weighted by molar-refractivity contribution is 0.171. The average Bonchev–Trinajstić information content (AvgIpc) is 3.52. The van der Waals surface area contributed by atoms with E-state index in [0.29, 0.717) is 34.3 Å². The van der Waals surface area contributed by atoms with E-state index in [9.17, 15) is 13.5 Å². The molecular weight excluding hydrogens is 498 g/mol. The third kappa shape index (κ3) is 5.04. The summed E-state index contributed by atoms with van der Waals surface area (Å²) in [4.78, 5) is 4.03. The van der Waals surface area contributed by atoms with Gasteiger partial charge in [-0.25, -0.2) is 8.42 Å². The number of pyridine rings is 1. The molecule has 1 N–H and O–H groups in total. The maximum atomic E-state index is 13.5. The summed E-state index contributed by atoms with van der Waals surface area (Å²) in [7, 11) is -1.03. The number of hydrogen-bond acceptors (Lipinski definition) is 10. The van der Waals surface area contributed by atoms with Gasteiger partial charge in [0.15, 0.2) is 21.4 Å². The van der Waals surface area contributed by atoms with Crippen LogP contribution in [0.2, 0.25) is 0 Å². The van der Waals surface area contributed by atoms with Gasteiger partial charge in [-0.2, -0.15) is 5.26 Å². The van der Waals surface area contributed by atoms with Crippen LogP contribution in [0.1, 0.15) is 35.9 Å². The second kappa shape index (κ2) is 10.4. The molecule has 0 aliphatic carbocycles. The average molecular weight is 524 g/mol. The number of hydrogen-bond donors (Lipinski definition) is 1. The quantitative estimate of drug-likeness (QED) is 0.346.